The maximum atomic E-state index is 10.9. The van der Waals surface area contributed by atoms with E-state index in [1.54, 1.807) is 60.7 Å². The molecule has 2 N–H and O–H groups in total. The predicted molar refractivity (Wildman–Crippen MR) is 95.7 cm³/mol. The lowest BCUT2D eigenvalue weighted by Gasteiger charge is -2.12. The summed E-state index contributed by atoms with van der Waals surface area (Å²) >= 11 is 0. The molecule has 0 bridgehead atoms. The van der Waals surface area contributed by atoms with E-state index in [9.17, 15) is 20.3 Å². The van der Waals surface area contributed by atoms with Crippen LogP contribution in [0.3, 0.4) is 0 Å². The minimum Gasteiger partial charge on any atom is -0.508 e. The Balaban J connectivity index is 1.98. The second kappa shape index (κ2) is 7.43. The van der Waals surface area contributed by atoms with Gasteiger partial charge < -0.3 is 10.2 Å². The summed E-state index contributed by atoms with van der Waals surface area (Å²) in [5.41, 5.74) is 1.86. The first kappa shape index (κ1) is 17.1. The van der Waals surface area contributed by atoms with Crippen LogP contribution in [0.5, 0.6) is 11.5 Å². The normalized spacial score (nSPS) is 11.1. The van der Waals surface area contributed by atoms with Crippen molar-refractivity contribution in [3.05, 3.63) is 94.0 Å². The first-order valence-corrected chi connectivity index (χ1v) is 7.76. The predicted octanol–water partition coefficient (Wildman–Crippen LogP) is 4.88. The molecule has 3 aromatic carbocycles. The number of phenols is 2. The number of azo groups is 1. The average molecular weight is 349 g/mol. The number of benzene rings is 3. The van der Waals surface area contributed by atoms with Crippen molar-refractivity contribution in [3.8, 4) is 11.5 Å². The first-order valence-electron chi connectivity index (χ1n) is 7.76. The molecule has 0 aliphatic heterocycles. The van der Waals surface area contributed by atoms with Gasteiger partial charge in [-0.25, -0.2) is 0 Å². The van der Waals surface area contributed by atoms with Crippen molar-refractivity contribution in [3.63, 3.8) is 0 Å². The van der Waals surface area contributed by atoms with Crippen molar-refractivity contribution in [1.82, 2.24) is 0 Å². The number of nitro benzene ring substituents is 1. The van der Waals surface area contributed by atoms with Crippen LogP contribution in [0, 0.1) is 10.1 Å². The number of aromatic hydroxyl groups is 2. The van der Waals surface area contributed by atoms with Gasteiger partial charge in [0.1, 0.15) is 17.5 Å². The second-order valence-corrected chi connectivity index (χ2v) is 5.58. The van der Waals surface area contributed by atoms with Crippen LogP contribution in [0.2, 0.25) is 0 Å². The van der Waals surface area contributed by atoms with E-state index in [4.69, 9.17) is 0 Å². The van der Waals surface area contributed by atoms with Gasteiger partial charge in [-0.1, -0.05) is 30.3 Å². The molecule has 0 aliphatic rings. The topological polar surface area (TPSA) is 108 Å². The number of non-ortho nitro benzene ring substituents is 1. The van der Waals surface area contributed by atoms with Crippen molar-refractivity contribution in [2.75, 3.05) is 0 Å². The largest absolute Gasteiger partial charge is 0.508 e. The quantitative estimate of drug-likeness (QED) is 0.389. The maximum absolute atomic E-state index is 10.9. The highest BCUT2D eigenvalue weighted by Gasteiger charge is 2.14. The Kier molecular flexibility index (Phi) is 4.89. The summed E-state index contributed by atoms with van der Waals surface area (Å²) in [4.78, 5) is 10.4. The minimum absolute atomic E-state index is 0.0627. The molecule has 7 heteroatoms. The van der Waals surface area contributed by atoms with Gasteiger partial charge in [0.15, 0.2) is 0 Å². The summed E-state index contributed by atoms with van der Waals surface area (Å²) < 4.78 is 0. The molecule has 3 rings (SSSR count). The van der Waals surface area contributed by atoms with Crippen LogP contribution < -0.4 is 0 Å². The molecule has 0 atom stereocenters. The van der Waals surface area contributed by atoms with Crippen molar-refractivity contribution in [2.45, 2.75) is 6.04 Å². The van der Waals surface area contributed by atoms with Crippen LogP contribution in [0.1, 0.15) is 17.2 Å². The van der Waals surface area contributed by atoms with E-state index in [0.29, 0.717) is 5.69 Å². The fraction of sp³-hybridized carbons (Fsp3) is 0.0526. The van der Waals surface area contributed by atoms with Gasteiger partial charge in [-0.05, 0) is 41.5 Å². The Bertz CT molecular complexity index is 892. The van der Waals surface area contributed by atoms with Gasteiger partial charge in [-0.2, -0.15) is 10.2 Å². The van der Waals surface area contributed by atoms with Gasteiger partial charge in [0.25, 0.3) is 5.69 Å². The SMILES string of the molecule is O=[N+]([O-])c1cccc(N=NC(c2ccc(O)cc2)c2ccc(O)cc2)c1. The molecule has 130 valence electrons. The molecule has 0 radical (unpaired) electrons. The van der Waals surface area contributed by atoms with E-state index >= 15 is 0 Å². The molecular formula is C19H15N3O4. The van der Waals surface area contributed by atoms with Crippen LogP contribution in [0.25, 0.3) is 0 Å². The number of nitrogens with zero attached hydrogens (tertiary/aromatic N) is 3. The lowest BCUT2D eigenvalue weighted by Crippen LogP contribution is -1.97. The van der Waals surface area contributed by atoms with Crippen LogP contribution in [0.15, 0.2) is 83.0 Å². The Labute approximate surface area is 149 Å². The molecule has 0 unspecified atom stereocenters. The van der Waals surface area contributed by atoms with E-state index in [2.05, 4.69) is 10.2 Å². The summed E-state index contributed by atoms with van der Waals surface area (Å²) in [7, 11) is 0. The minimum atomic E-state index is -0.490. The molecule has 3 aromatic rings. The van der Waals surface area contributed by atoms with Gasteiger partial charge in [-0.3, -0.25) is 10.1 Å². The number of nitro groups is 1. The van der Waals surface area contributed by atoms with Crippen LogP contribution in [0.4, 0.5) is 11.4 Å². The molecule has 0 aromatic heterocycles. The van der Waals surface area contributed by atoms with E-state index in [1.165, 1.54) is 12.1 Å². The number of rotatable bonds is 5. The van der Waals surface area contributed by atoms with Gasteiger partial charge in [0, 0.05) is 12.1 Å². The molecular weight excluding hydrogens is 334 g/mol. The molecule has 0 amide bonds. The average Bonchev–Trinajstić information content (AvgIpc) is 2.65. The van der Waals surface area contributed by atoms with Crippen molar-refractivity contribution in [2.24, 2.45) is 10.2 Å². The summed E-state index contributed by atoms with van der Waals surface area (Å²) in [6.07, 6.45) is 0. The molecule has 0 saturated heterocycles. The highest BCUT2D eigenvalue weighted by atomic mass is 16.6. The zero-order valence-electron chi connectivity index (χ0n) is 13.6. The zero-order valence-corrected chi connectivity index (χ0v) is 13.6. The summed E-state index contributed by atoms with van der Waals surface area (Å²) in [6.45, 7) is 0. The third kappa shape index (κ3) is 4.02. The lowest BCUT2D eigenvalue weighted by atomic mass is 9.99. The molecule has 7 nitrogen and oxygen atoms in total. The zero-order chi connectivity index (χ0) is 18.5. The molecule has 26 heavy (non-hydrogen) atoms. The number of phenolic OH excluding ortho intramolecular Hbond substituents is 2. The summed E-state index contributed by atoms with van der Waals surface area (Å²) in [5, 5.41) is 38.3. The smallest absolute Gasteiger partial charge is 0.271 e. The third-order valence-electron chi connectivity index (χ3n) is 3.75. The Morgan fingerprint density at radius 2 is 1.38 bits per heavy atom. The van der Waals surface area contributed by atoms with Crippen molar-refractivity contribution in [1.29, 1.82) is 0 Å². The number of hydrogen-bond donors (Lipinski definition) is 2. The fourth-order valence-electron chi connectivity index (χ4n) is 2.43. The molecule has 0 fully saturated rings. The summed E-state index contributed by atoms with van der Waals surface area (Å²) in [6, 6.07) is 18.5. The Hall–Kier alpha value is -3.74. The van der Waals surface area contributed by atoms with Gasteiger partial charge in [-0.15, -0.1) is 0 Å². The van der Waals surface area contributed by atoms with Crippen molar-refractivity contribution < 1.29 is 15.1 Å². The molecule has 0 heterocycles. The van der Waals surface area contributed by atoms with Crippen molar-refractivity contribution >= 4 is 11.4 Å². The van der Waals surface area contributed by atoms with E-state index in [1.807, 2.05) is 0 Å². The summed E-state index contributed by atoms with van der Waals surface area (Å²) in [5.74, 6) is 0.266. The molecule has 0 spiro atoms. The maximum Gasteiger partial charge on any atom is 0.271 e. The van der Waals surface area contributed by atoms with Crippen LogP contribution in [-0.2, 0) is 0 Å². The van der Waals surface area contributed by atoms with Gasteiger partial charge >= 0.3 is 0 Å². The van der Waals surface area contributed by atoms with Crippen LogP contribution >= 0.6 is 0 Å². The highest BCUT2D eigenvalue weighted by Crippen LogP contribution is 2.30. The van der Waals surface area contributed by atoms with E-state index < -0.39 is 11.0 Å². The molecule has 0 aliphatic carbocycles. The second-order valence-electron chi connectivity index (χ2n) is 5.58. The van der Waals surface area contributed by atoms with E-state index in [0.717, 1.165) is 11.1 Å². The van der Waals surface area contributed by atoms with Gasteiger partial charge in [0.2, 0.25) is 0 Å². The Morgan fingerprint density at radius 3 is 1.88 bits per heavy atom. The molecule has 0 saturated carbocycles. The lowest BCUT2D eigenvalue weighted by molar-refractivity contribution is -0.384. The monoisotopic (exact) mass is 349 g/mol. The standard InChI is InChI=1S/C19H15N3O4/c23-17-8-4-13(5-9-17)19(14-6-10-18(24)11-7-14)21-20-15-2-1-3-16(12-15)22(25)26/h1-12,19,23-24H. The highest BCUT2D eigenvalue weighted by molar-refractivity contribution is 5.46. The third-order valence-corrected chi connectivity index (χ3v) is 3.75. The first-order chi connectivity index (χ1) is 12.5. The Morgan fingerprint density at radius 1 is 0.846 bits per heavy atom. The number of hydrogen-bond acceptors (Lipinski definition) is 6. The van der Waals surface area contributed by atoms with Crippen LogP contribution in [-0.4, -0.2) is 15.1 Å². The van der Waals surface area contributed by atoms with E-state index in [-0.39, 0.29) is 17.2 Å². The van der Waals surface area contributed by atoms with Gasteiger partial charge in [0.05, 0.1) is 10.6 Å². The fourth-order valence-corrected chi connectivity index (χ4v) is 2.43.